The van der Waals surface area contributed by atoms with E-state index in [1.807, 2.05) is 31.2 Å². The monoisotopic (exact) mass is 548 g/mol. The van der Waals surface area contributed by atoms with Crippen molar-refractivity contribution in [3.63, 3.8) is 0 Å². The van der Waals surface area contributed by atoms with Gasteiger partial charge in [0.25, 0.3) is 0 Å². The van der Waals surface area contributed by atoms with Crippen molar-refractivity contribution in [1.82, 2.24) is 20.5 Å². The Morgan fingerprint density at radius 3 is 2.34 bits per heavy atom. The quantitative estimate of drug-likeness (QED) is 0.508. The third-order valence-corrected chi connectivity index (χ3v) is 7.12. The molecule has 0 unspecified atom stereocenters. The number of alkyl carbamates (subject to hydrolysis) is 1. The Morgan fingerprint density at radius 2 is 1.82 bits per heavy atom. The van der Waals surface area contributed by atoms with E-state index >= 15 is 4.39 Å². The first kappa shape index (κ1) is 29.5. The lowest BCUT2D eigenvalue weighted by molar-refractivity contribution is -0.143. The fraction of sp³-hybridized carbons (Fsp3) is 0.556. The standard InChI is InChI=1S/C27H37FN4O5S/c1-15-21(38-14-30-15)17-10-8-16(9-11-17)12-29-23(34)20-19(28)18(33)13-32(20)24(35)22(26(2,3)4)31-25(36)37-27(5,6)7/h8-11,14,18-20,22,33H,12-13H2,1-7H3,(H,29,34)(H,31,36)/t18-,19-,20-,22+/m0/s1. The minimum atomic E-state index is -1.97. The van der Waals surface area contributed by atoms with Gasteiger partial charge in [0.05, 0.1) is 22.6 Å². The molecule has 3 rings (SSSR count). The Hall–Kier alpha value is -3.05. The molecule has 9 nitrogen and oxygen atoms in total. The molecular weight excluding hydrogens is 511 g/mol. The van der Waals surface area contributed by atoms with Crippen LogP contribution in [0.2, 0.25) is 0 Å². The average molecular weight is 549 g/mol. The Morgan fingerprint density at radius 1 is 1.18 bits per heavy atom. The van der Waals surface area contributed by atoms with Crippen LogP contribution in [0.5, 0.6) is 0 Å². The number of ether oxygens (including phenoxy) is 1. The smallest absolute Gasteiger partial charge is 0.408 e. The van der Waals surface area contributed by atoms with E-state index < -0.39 is 53.3 Å². The van der Waals surface area contributed by atoms with Gasteiger partial charge in [-0.25, -0.2) is 14.2 Å². The highest BCUT2D eigenvalue weighted by Gasteiger charge is 2.50. The number of nitrogens with one attached hydrogen (secondary N) is 2. The number of nitrogens with zero attached hydrogens (tertiary/aromatic N) is 2. The number of aromatic nitrogens is 1. The predicted molar refractivity (Wildman–Crippen MR) is 143 cm³/mol. The minimum absolute atomic E-state index is 0.112. The summed E-state index contributed by atoms with van der Waals surface area (Å²) in [6.45, 7) is 12.0. The van der Waals surface area contributed by atoms with Gasteiger partial charge in [-0.1, -0.05) is 45.0 Å². The highest BCUT2D eigenvalue weighted by molar-refractivity contribution is 7.13. The van der Waals surface area contributed by atoms with Gasteiger partial charge < -0.3 is 25.4 Å². The normalized spacial score (nSPS) is 20.7. The molecule has 1 aliphatic heterocycles. The van der Waals surface area contributed by atoms with Crippen molar-refractivity contribution in [2.24, 2.45) is 5.41 Å². The van der Waals surface area contributed by atoms with Crippen LogP contribution in [0.3, 0.4) is 0 Å². The Balaban J connectivity index is 1.72. The van der Waals surface area contributed by atoms with E-state index in [-0.39, 0.29) is 13.1 Å². The van der Waals surface area contributed by atoms with E-state index in [4.69, 9.17) is 4.74 Å². The number of carbonyl (C=O) groups excluding carboxylic acids is 3. The van der Waals surface area contributed by atoms with Crippen LogP contribution in [-0.2, 0) is 20.9 Å². The van der Waals surface area contributed by atoms with E-state index in [2.05, 4.69) is 15.6 Å². The molecule has 11 heteroatoms. The van der Waals surface area contributed by atoms with E-state index in [9.17, 15) is 19.5 Å². The van der Waals surface area contributed by atoms with Gasteiger partial charge in [0, 0.05) is 6.54 Å². The molecular formula is C27H37FN4O5S. The molecule has 38 heavy (non-hydrogen) atoms. The van der Waals surface area contributed by atoms with Gasteiger partial charge in [-0.05, 0) is 44.2 Å². The fourth-order valence-corrected chi connectivity index (χ4v) is 5.01. The number of aliphatic hydroxyl groups excluding tert-OH is 1. The molecule has 0 bridgehead atoms. The maximum Gasteiger partial charge on any atom is 0.408 e. The van der Waals surface area contributed by atoms with Crippen LogP contribution in [0.25, 0.3) is 10.4 Å². The number of β-amino-alcohol motifs (C(OH)–C–C–N with tert-alkyl or cyclic N) is 1. The highest BCUT2D eigenvalue weighted by atomic mass is 32.1. The molecule has 1 aromatic heterocycles. The lowest BCUT2D eigenvalue weighted by atomic mass is 9.85. The molecule has 2 heterocycles. The molecule has 0 radical (unpaired) electrons. The number of rotatable bonds is 6. The van der Waals surface area contributed by atoms with Gasteiger partial charge in [-0.2, -0.15) is 0 Å². The zero-order valence-corrected chi connectivity index (χ0v) is 23.7. The van der Waals surface area contributed by atoms with Crippen molar-refractivity contribution in [3.05, 3.63) is 41.0 Å². The van der Waals surface area contributed by atoms with Crippen LogP contribution >= 0.6 is 11.3 Å². The van der Waals surface area contributed by atoms with Gasteiger partial charge in [-0.3, -0.25) is 9.59 Å². The minimum Gasteiger partial charge on any atom is -0.444 e. The lowest BCUT2D eigenvalue weighted by Gasteiger charge is -2.35. The number of thiazole rings is 1. The van der Waals surface area contributed by atoms with Crippen LogP contribution in [-0.4, -0.2) is 69.4 Å². The van der Waals surface area contributed by atoms with Crippen molar-refractivity contribution in [2.75, 3.05) is 6.54 Å². The third-order valence-electron chi connectivity index (χ3n) is 6.14. The summed E-state index contributed by atoms with van der Waals surface area (Å²) in [6, 6.07) is 4.90. The molecule has 1 aliphatic rings. The molecule has 3 N–H and O–H groups in total. The summed E-state index contributed by atoms with van der Waals surface area (Å²) < 4.78 is 20.3. The van der Waals surface area contributed by atoms with Gasteiger partial charge in [0.1, 0.15) is 23.8 Å². The van der Waals surface area contributed by atoms with Crippen LogP contribution in [0.4, 0.5) is 9.18 Å². The number of carbonyl (C=O) groups is 3. The number of benzene rings is 1. The maximum absolute atomic E-state index is 15.0. The number of amides is 3. The zero-order chi connectivity index (χ0) is 28.4. The van der Waals surface area contributed by atoms with Crippen molar-refractivity contribution in [2.45, 2.75) is 85.0 Å². The van der Waals surface area contributed by atoms with Crippen molar-refractivity contribution in [1.29, 1.82) is 0 Å². The van der Waals surface area contributed by atoms with Crippen molar-refractivity contribution in [3.8, 4) is 10.4 Å². The molecule has 0 saturated carbocycles. The second kappa shape index (κ2) is 11.4. The van der Waals surface area contributed by atoms with E-state index in [1.165, 1.54) is 11.3 Å². The topological polar surface area (TPSA) is 121 Å². The first-order valence-electron chi connectivity index (χ1n) is 12.5. The van der Waals surface area contributed by atoms with Crippen LogP contribution in [0, 0.1) is 12.3 Å². The van der Waals surface area contributed by atoms with Gasteiger partial charge in [0.2, 0.25) is 11.8 Å². The van der Waals surface area contributed by atoms with E-state index in [0.717, 1.165) is 26.6 Å². The molecule has 0 spiro atoms. The second-order valence-electron chi connectivity index (χ2n) is 11.6. The maximum atomic E-state index is 15.0. The molecule has 0 aliphatic carbocycles. The van der Waals surface area contributed by atoms with Gasteiger partial charge in [-0.15, -0.1) is 11.3 Å². The van der Waals surface area contributed by atoms with Gasteiger partial charge >= 0.3 is 6.09 Å². The van der Waals surface area contributed by atoms with Gasteiger partial charge in [0.15, 0.2) is 6.17 Å². The summed E-state index contributed by atoms with van der Waals surface area (Å²) in [5.74, 6) is -1.40. The number of alkyl halides is 1. The molecule has 1 saturated heterocycles. The number of aliphatic hydroxyl groups is 1. The summed E-state index contributed by atoms with van der Waals surface area (Å²) in [5.41, 5.74) is 2.93. The van der Waals surface area contributed by atoms with Crippen molar-refractivity contribution < 1.29 is 28.6 Å². The summed E-state index contributed by atoms with van der Waals surface area (Å²) in [4.78, 5) is 45.4. The third kappa shape index (κ3) is 7.08. The van der Waals surface area contributed by atoms with Crippen LogP contribution in [0.15, 0.2) is 29.8 Å². The molecule has 2 aromatic rings. The first-order valence-corrected chi connectivity index (χ1v) is 13.4. The Bertz CT molecular complexity index is 1160. The average Bonchev–Trinajstić information content (AvgIpc) is 3.36. The molecule has 1 fully saturated rings. The Labute approximate surface area is 226 Å². The van der Waals surface area contributed by atoms with E-state index in [0.29, 0.717) is 0 Å². The SMILES string of the molecule is Cc1ncsc1-c1ccc(CNC(=O)[C@@H]2[C@@H](F)[C@@H](O)CN2C(=O)[C@@H](NC(=O)OC(C)(C)C)C(C)(C)C)cc1. The molecule has 4 atom stereocenters. The number of hydrogen-bond acceptors (Lipinski definition) is 7. The largest absolute Gasteiger partial charge is 0.444 e. The second-order valence-corrected chi connectivity index (χ2v) is 12.4. The fourth-order valence-electron chi connectivity index (χ4n) is 4.20. The lowest BCUT2D eigenvalue weighted by Crippen LogP contribution is -2.59. The number of hydrogen-bond donors (Lipinski definition) is 3. The summed E-state index contributed by atoms with van der Waals surface area (Å²) in [7, 11) is 0. The van der Waals surface area contributed by atoms with Crippen molar-refractivity contribution >= 4 is 29.2 Å². The van der Waals surface area contributed by atoms with Crippen LogP contribution in [0.1, 0.15) is 52.8 Å². The van der Waals surface area contributed by atoms with E-state index in [1.54, 1.807) is 47.1 Å². The summed E-state index contributed by atoms with van der Waals surface area (Å²) in [5, 5.41) is 15.5. The highest BCUT2D eigenvalue weighted by Crippen LogP contribution is 2.29. The summed E-state index contributed by atoms with van der Waals surface area (Å²) >= 11 is 1.54. The molecule has 1 aromatic carbocycles. The zero-order valence-electron chi connectivity index (χ0n) is 22.9. The number of likely N-dealkylation sites (tertiary alicyclic amines) is 1. The first-order chi connectivity index (χ1) is 17.6. The van der Waals surface area contributed by atoms with Crippen LogP contribution < -0.4 is 10.6 Å². The predicted octanol–water partition coefficient (Wildman–Crippen LogP) is 3.58. The summed E-state index contributed by atoms with van der Waals surface area (Å²) in [6.07, 6.45) is -4.31. The molecule has 3 amide bonds. The number of aryl methyl sites for hydroxylation is 1. The Kier molecular flexibility index (Phi) is 8.82. The number of halogens is 1. The molecule has 208 valence electrons.